The van der Waals surface area contributed by atoms with Gasteiger partial charge in [0.2, 0.25) is 0 Å². The van der Waals surface area contributed by atoms with Crippen molar-refractivity contribution in [2.45, 2.75) is 19.8 Å². The number of nitrogens with zero attached hydrogens (tertiary/aromatic N) is 1. The molecule has 0 radical (unpaired) electrons. The summed E-state index contributed by atoms with van der Waals surface area (Å²) in [7, 11) is 0. The zero-order valence-electron chi connectivity index (χ0n) is 10.2. The van der Waals surface area contributed by atoms with Gasteiger partial charge in [-0.15, -0.1) is 24.0 Å². The van der Waals surface area contributed by atoms with Gasteiger partial charge in [-0.25, -0.2) is 8.78 Å². The highest BCUT2D eigenvalue weighted by atomic mass is 127. The van der Waals surface area contributed by atoms with Crippen LogP contribution in [-0.2, 0) is 6.42 Å². The summed E-state index contributed by atoms with van der Waals surface area (Å²) in [6.07, 6.45) is 1.14. The third-order valence-electron chi connectivity index (χ3n) is 2.25. The van der Waals surface area contributed by atoms with Crippen LogP contribution >= 0.6 is 24.0 Å². The number of halogens is 3. The van der Waals surface area contributed by atoms with E-state index < -0.39 is 11.6 Å². The average Bonchev–Trinajstić information content (AvgIpc) is 2.30. The first-order valence-electron chi connectivity index (χ1n) is 5.61. The zero-order chi connectivity index (χ0) is 12.7. The minimum absolute atomic E-state index is 0. The molecule has 1 aromatic rings. The maximum Gasteiger partial charge on any atom is 0.188 e. The molecular weight excluding hydrogens is 351 g/mol. The van der Waals surface area contributed by atoms with Gasteiger partial charge in [-0.1, -0.05) is 13.0 Å². The molecule has 0 saturated carbocycles. The van der Waals surface area contributed by atoms with E-state index in [9.17, 15) is 8.78 Å². The molecular formula is C12H18F2IN3. The highest BCUT2D eigenvalue weighted by Crippen LogP contribution is 2.11. The predicted molar refractivity (Wildman–Crippen MR) is 80.3 cm³/mol. The van der Waals surface area contributed by atoms with Crippen LogP contribution in [0.25, 0.3) is 0 Å². The number of nitrogens with two attached hydrogens (primary N) is 1. The Hall–Kier alpha value is -0.920. The monoisotopic (exact) mass is 369 g/mol. The van der Waals surface area contributed by atoms with Crippen LogP contribution in [0.3, 0.4) is 0 Å². The van der Waals surface area contributed by atoms with Crippen molar-refractivity contribution >= 4 is 29.9 Å². The Morgan fingerprint density at radius 2 is 1.94 bits per heavy atom. The van der Waals surface area contributed by atoms with Crippen LogP contribution in [0.5, 0.6) is 0 Å². The van der Waals surface area contributed by atoms with Gasteiger partial charge in [0.05, 0.1) is 0 Å². The molecule has 18 heavy (non-hydrogen) atoms. The van der Waals surface area contributed by atoms with Gasteiger partial charge in [-0.3, -0.25) is 4.99 Å². The molecule has 0 heterocycles. The third kappa shape index (κ3) is 5.61. The molecule has 1 rings (SSSR count). The average molecular weight is 369 g/mol. The molecule has 1 aromatic carbocycles. The molecule has 0 saturated heterocycles. The van der Waals surface area contributed by atoms with E-state index in [1.54, 1.807) is 0 Å². The number of hydrogen-bond acceptors (Lipinski definition) is 1. The van der Waals surface area contributed by atoms with Gasteiger partial charge in [0.25, 0.3) is 0 Å². The van der Waals surface area contributed by atoms with E-state index in [1.807, 2.05) is 6.92 Å². The van der Waals surface area contributed by atoms with E-state index >= 15 is 0 Å². The van der Waals surface area contributed by atoms with Crippen LogP contribution < -0.4 is 11.1 Å². The van der Waals surface area contributed by atoms with Crippen molar-refractivity contribution in [3.05, 3.63) is 35.4 Å². The molecule has 0 spiro atoms. The van der Waals surface area contributed by atoms with Crippen LogP contribution in [0.15, 0.2) is 23.2 Å². The first-order chi connectivity index (χ1) is 8.15. The molecule has 0 fully saturated rings. The van der Waals surface area contributed by atoms with Crippen LogP contribution in [0, 0.1) is 11.6 Å². The van der Waals surface area contributed by atoms with Crippen molar-refractivity contribution in [2.75, 3.05) is 13.1 Å². The first-order valence-corrected chi connectivity index (χ1v) is 5.61. The Kier molecular flexibility index (Phi) is 8.61. The minimum Gasteiger partial charge on any atom is -0.370 e. The molecule has 3 N–H and O–H groups in total. The molecule has 0 aromatic heterocycles. The predicted octanol–water partition coefficient (Wildman–Crippen LogP) is 2.44. The van der Waals surface area contributed by atoms with Gasteiger partial charge in [-0.2, -0.15) is 0 Å². The van der Waals surface area contributed by atoms with Crippen molar-refractivity contribution in [1.29, 1.82) is 0 Å². The summed E-state index contributed by atoms with van der Waals surface area (Å²) < 4.78 is 26.5. The Balaban J connectivity index is 0.00000289. The Bertz CT molecular complexity index is 377. The van der Waals surface area contributed by atoms with Crippen molar-refractivity contribution in [1.82, 2.24) is 5.32 Å². The Labute approximate surface area is 123 Å². The first kappa shape index (κ1) is 17.1. The molecule has 0 bridgehead atoms. The summed E-state index contributed by atoms with van der Waals surface area (Å²) in [5.74, 6) is -0.754. The maximum atomic E-state index is 13.2. The summed E-state index contributed by atoms with van der Waals surface area (Å²) in [6, 6.07) is 3.83. The maximum absolute atomic E-state index is 13.2. The summed E-state index contributed by atoms with van der Waals surface area (Å²) in [6.45, 7) is 3.00. The number of aliphatic imine (C=N–C) groups is 1. The van der Waals surface area contributed by atoms with Crippen LogP contribution in [0.4, 0.5) is 8.78 Å². The fraction of sp³-hybridized carbons (Fsp3) is 0.417. The second-order valence-corrected chi connectivity index (χ2v) is 3.64. The van der Waals surface area contributed by atoms with Gasteiger partial charge in [-0.05, 0) is 25.0 Å². The van der Waals surface area contributed by atoms with Gasteiger partial charge >= 0.3 is 0 Å². The summed E-state index contributed by atoms with van der Waals surface area (Å²) in [5.41, 5.74) is 5.62. The van der Waals surface area contributed by atoms with E-state index in [0.29, 0.717) is 19.0 Å². The van der Waals surface area contributed by atoms with E-state index in [4.69, 9.17) is 5.73 Å². The smallest absolute Gasteiger partial charge is 0.188 e. The Morgan fingerprint density at radius 1 is 1.33 bits per heavy atom. The third-order valence-corrected chi connectivity index (χ3v) is 2.25. The molecule has 0 amide bonds. The van der Waals surface area contributed by atoms with E-state index in [0.717, 1.165) is 6.42 Å². The molecule has 3 nitrogen and oxygen atoms in total. The van der Waals surface area contributed by atoms with Gasteiger partial charge < -0.3 is 11.1 Å². The SMILES string of the molecule is CCCN=C(N)NCCc1c(F)cccc1F.I. The van der Waals surface area contributed by atoms with Crippen LogP contribution in [-0.4, -0.2) is 19.0 Å². The Morgan fingerprint density at radius 3 is 2.50 bits per heavy atom. The number of nitrogens with one attached hydrogen (secondary N) is 1. The summed E-state index contributed by atoms with van der Waals surface area (Å²) in [4.78, 5) is 4.01. The fourth-order valence-corrected chi connectivity index (χ4v) is 1.37. The largest absolute Gasteiger partial charge is 0.370 e. The highest BCUT2D eigenvalue weighted by Gasteiger charge is 2.07. The number of guanidine groups is 1. The molecule has 0 aliphatic rings. The topological polar surface area (TPSA) is 50.4 Å². The van der Waals surface area contributed by atoms with Crippen LogP contribution in [0.1, 0.15) is 18.9 Å². The lowest BCUT2D eigenvalue weighted by Crippen LogP contribution is -2.33. The van der Waals surface area contributed by atoms with Gasteiger partial charge in [0.1, 0.15) is 11.6 Å². The molecule has 0 unspecified atom stereocenters. The van der Waals surface area contributed by atoms with Crippen molar-refractivity contribution in [2.24, 2.45) is 10.7 Å². The molecule has 0 aliphatic carbocycles. The van der Waals surface area contributed by atoms with Gasteiger partial charge in [0.15, 0.2) is 5.96 Å². The number of hydrogen-bond donors (Lipinski definition) is 2. The van der Waals surface area contributed by atoms with Crippen molar-refractivity contribution in [3.63, 3.8) is 0 Å². The number of benzene rings is 1. The summed E-state index contributed by atoms with van der Waals surface area (Å²) in [5, 5.41) is 2.81. The van der Waals surface area contributed by atoms with E-state index in [2.05, 4.69) is 10.3 Å². The zero-order valence-corrected chi connectivity index (χ0v) is 12.6. The second kappa shape index (κ2) is 9.07. The second-order valence-electron chi connectivity index (χ2n) is 3.64. The molecule has 6 heteroatoms. The fourth-order valence-electron chi connectivity index (χ4n) is 1.37. The quantitative estimate of drug-likeness (QED) is 0.476. The lowest BCUT2D eigenvalue weighted by molar-refractivity contribution is 0.553. The van der Waals surface area contributed by atoms with Crippen LogP contribution in [0.2, 0.25) is 0 Å². The lowest BCUT2D eigenvalue weighted by atomic mass is 10.1. The highest BCUT2D eigenvalue weighted by molar-refractivity contribution is 14.0. The van der Waals surface area contributed by atoms with E-state index in [1.165, 1.54) is 18.2 Å². The number of rotatable bonds is 5. The van der Waals surface area contributed by atoms with E-state index in [-0.39, 0.29) is 36.0 Å². The normalized spacial score (nSPS) is 10.9. The van der Waals surface area contributed by atoms with Crippen molar-refractivity contribution in [3.8, 4) is 0 Å². The van der Waals surface area contributed by atoms with Crippen molar-refractivity contribution < 1.29 is 8.78 Å². The van der Waals surface area contributed by atoms with Gasteiger partial charge in [0, 0.05) is 18.7 Å². The molecule has 102 valence electrons. The molecule has 0 aliphatic heterocycles. The standard InChI is InChI=1S/C12H17F2N3.HI/c1-2-7-16-12(15)17-8-6-9-10(13)4-3-5-11(9)14;/h3-5H,2,6-8H2,1H3,(H3,15,16,17);1H. The minimum atomic E-state index is -0.532. The molecule has 0 atom stereocenters. The summed E-state index contributed by atoms with van der Waals surface area (Å²) >= 11 is 0. The lowest BCUT2D eigenvalue weighted by Gasteiger charge is -2.07.